The quantitative estimate of drug-likeness (QED) is 0.0251. The van der Waals surface area contributed by atoms with Crippen LogP contribution >= 0.6 is 7.82 Å². The summed E-state index contributed by atoms with van der Waals surface area (Å²) >= 11 is 0. The van der Waals surface area contributed by atoms with E-state index < -0.39 is 123 Å². The Balaban J connectivity index is 0.962. The molecule has 7 aromatic rings. The maximum absolute atomic E-state index is 14.3. The van der Waals surface area contributed by atoms with E-state index in [0.717, 1.165) is 27.6 Å². The number of methoxy groups -OCH3 is 2. The summed E-state index contributed by atoms with van der Waals surface area (Å²) in [6.45, 7) is -1.20. The van der Waals surface area contributed by atoms with Crippen molar-refractivity contribution in [2.75, 3.05) is 39.4 Å². The zero-order chi connectivity index (χ0) is 58.8. The molecule has 83 heavy (non-hydrogen) atoms. The summed E-state index contributed by atoms with van der Waals surface area (Å²) in [5.74, 6) is -1.45. The van der Waals surface area contributed by atoms with Gasteiger partial charge in [-0.1, -0.05) is 72.8 Å². The van der Waals surface area contributed by atoms with Crippen molar-refractivity contribution in [2.45, 2.75) is 74.1 Å². The molecular formula is C56H59N7O19P+. The minimum Gasteiger partial charge on any atom is -0.497 e. The first-order valence-electron chi connectivity index (χ1n) is 25.9. The molecule has 3 aromatic heterocycles. The first kappa shape index (κ1) is 59.2. The number of benzene rings is 4. The van der Waals surface area contributed by atoms with E-state index in [-0.39, 0.29) is 18.0 Å². The van der Waals surface area contributed by atoms with Crippen LogP contribution in [-0.4, -0.2) is 127 Å². The number of amides is 1. The highest BCUT2D eigenvalue weighted by Crippen LogP contribution is 2.50. The van der Waals surface area contributed by atoms with Crippen LogP contribution in [0.1, 0.15) is 52.3 Å². The number of nitrogens with one attached hydrogen (secondary N) is 2. The Labute approximate surface area is 472 Å². The van der Waals surface area contributed by atoms with E-state index in [1.54, 1.807) is 119 Å². The fourth-order valence-electron chi connectivity index (χ4n) is 9.52. The molecule has 26 nitrogen and oxygen atoms in total. The predicted molar refractivity (Wildman–Crippen MR) is 289 cm³/mol. The minimum absolute atomic E-state index is 0.00137. The summed E-state index contributed by atoms with van der Waals surface area (Å²) in [6, 6.07) is 33.4. The fourth-order valence-corrected chi connectivity index (χ4v) is 10.5. The summed E-state index contributed by atoms with van der Waals surface area (Å²) < 4.78 is 71.8. The van der Waals surface area contributed by atoms with Gasteiger partial charge in [0.15, 0.2) is 18.6 Å². The topological polar surface area (TPSA) is 323 Å². The number of rotatable bonds is 24. The molecule has 5 N–H and O–H groups in total. The lowest BCUT2D eigenvalue weighted by atomic mass is 9.80. The van der Waals surface area contributed by atoms with Gasteiger partial charge in [-0.3, -0.25) is 42.3 Å². The van der Waals surface area contributed by atoms with E-state index in [4.69, 9.17) is 42.2 Å². The average Bonchev–Trinajstić information content (AvgIpc) is 2.38. The number of aromatic amines is 1. The molecule has 1 amide bonds. The highest BCUT2D eigenvalue weighted by Gasteiger charge is 2.53. The molecule has 0 bridgehead atoms. The number of aliphatic hydroxyl groups excluding tert-OH is 2. The SMILES string of the molecule is COc1ccc(C(OC[C@H]2O[C@@H](n3ccc(=O)[nH]c3=O)[C@H](O)[C@@H]2OP(=O)(O)OC[C@H]2O[C@@H](n3ccc(NC(=O)c4ccccc4)nc3=O)[C@H](OC(=O)CCC(=O)OCCn3cc[n+](C)c3)[C@@H]2O)(c2ccccc2)c2ccc(OC)cc2)cc1. The van der Waals surface area contributed by atoms with Gasteiger partial charge in [0.05, 0.1) is 47.3 Å². The number of ether oxygens (including phenoxy) is 7. The lowest BCUT2D eigenvalue weighted by molar-refractivity contribution is -0.671. The van der Waals surface area contributed by atoms with Gasteiger partial charge in [0.1, 0.15) is 79.0 Å². The van der Waals surface area contributed by atoms with Crippen LogP contribution in [0.3, 0.4) is 0 Å². The second-order valence-corrected chi connectivity index (χ2v) is 20.5. The Kier molecular flexibility index (Phi) is 18.7. The Morgan fingerprint density at radius 2 is 1.35 bits per heavy atom. The number of aryl methyl sites for hydroxylation is 1. The number of aliphatic hydroxyl groups is 2. The summed E-state index contributed by atoms with van der Waals surface area (Å²) in [4.78, 5) is 95.5. The number of esters is 2. The zero-order valence-electron chi connectivity index (χ0n) is 44.9. The molecular weight excluding hydrogens is 1110 g/mol. The highest BCUT2D eigenvalue weighted by molar-refractivity contribution is 7.47. The first-order chi connectivity index (χ1) is 39.9. The van der Waals surface area contributed by atoms with Gasteiger partial charge in [-0.15, -0.1) is 0 Å². The van der Waals surface area contributed by atoms with E-state index in [1.807, 2.05) is 25.2 Å². The van der Waals surface area contributed by atoms with Crippen LogP contribution in [0.5, 0.6) is 11.5 Å². The standard InChI is InChI=1S/C56H58N7O19P/c1-60-28-29-61(34-60)30-31-76-45(65)22-23-46(66)81-50-47(67)41(79-53(50)63-26-24-43(58-54(63)70)57-51(69)35-10-6-4-7-11-35)33-78-83(72,73)82-49-42(80-52(48(49)68)62-27-25-44(64)59-55(62)71)32-77-56(36-12-8-5-9-13-36,37-14-18-39(74-2)19-15-37)38-16-20-40(75-3)21-17-38/h4-21,24-29,34,41-42,47-50,52-53,67-68H,22-23,30-33H2,1-3H3,(H2-,57,58,59,64,69,70,71,72,73)/p+1/t41-,42-,47-,48-,49-,50-,52-,53-/m1/s1. The molecule has 27 heteroatoms. The van der Waals surface area contributed by atoms with Gasteiger partial charge in [-0.05, 0) is 59.2 Å². The van der Waals surface area contributed by atoms with Gasteiger partial charge in [0.2, 0.25) is 6.33 Å². The van der Waals surface area contributed by atoms with Crippen LogP contribution in [0.25, 0.3) is 0 Å². The number of nitrogens with zero attached hydrogens (tertiary/aromatic N) is 5. The molecule has 0 aliphatic carbocycles. The molecule has 0 saturated carbocycles. The molecule has 436 valence electrons. The van der Waals surface area contributed by atoms with Crippen molar-refractivity contribution >= 4 is 31.5 Å². The Morgan fingerprint density at radius 1 is 0.735 bits per heavy atom. The zero-order valence-corrected chi connectivity index (χ0v) is 45.7. The van der Waals surface area contributed by atoms with Crippen LogP contribution in [0.2, 0.25) is 0 Å². The number of imidazole rings is 1. The number of aromatic nitrogens is 6. The van der Waals surface area contributed by atoms with Gasteiger partial charge in [0.25, 0.3) is 11.5 Å². The molecule has 9 rings (SSSR count). The van der Waals surface area contributed by atoms with Crippen molar-refractivity contribution in [1.29, 1.82) is 0 Å². The van der Waals surface area contributed by atoms with Crippen LogP contribution in [-0.2, 0) is 66.1 Å². The fraction of sp³-hybridized carbons (Fsp3) is 0.321. The average molecular weight is 1170 g/mol. The van der Waals surface area contributed by atoms with E-state index in [1.165, 1.54) is 20.3 Å². The van der Waals surface area contributed by atoms with Crippen molar-refractivity contribution in [3.05, 3.63) is 206 Å². The molecule has 0 radical (unpaired) electrons. The summed E-state index contributed by atoms with van der Waals surface area (Å²) in [5.41, 5.74) is -2.30. The van der Waals surface area contributed by atoms with Crippen molar-refractivity contribution in [3.63, 3.8) is 0 Å². The van der Waals surface area contributed by atoms with Gasteiger partial charge in [-0.25, -0.2) is 23.3 Å². The molecule has 0 spiro atoms. The number of carbonyl (C=O) groups excluding carboxylic acids is 3. The Hall–Kier alpha value is -8.43. The van der Waals surface area contributed by atoms with Gasteiger partial charge < -0.3 is 53.6 Å². The van der Waals surface area contributed by atoms with Gasteiger partial charge >= 0.3 is 31.1 Å². The van der Waals surface area contributed by atoms with E-state index in [2.05, 4.69) is 15.3 Å². The summed E-state index contributed by atoms with van der Waals surface area (Å²) in [7, 11) is -0.623. The molecule has 2 saturated heterocycles. The normalized spacial score (nSPS) is 21.2. The maximum Gasteiger partial charge on any atom is 0.472 e. The third-order valence-corrected chi connectivity index (χ3v) is 14.6. The number of hydrogen-bond acceptors (Lipinski definition) is 19. The van der Waals surface area contributed by atoms with Crippen molar-refractivity contribution in [3.8, 4) is 11.5 Å². The first-order valence-corrected chi connectivity index (χ1v) is 27.4. The van der Waals surface area contributed by atoms with Crippen molar-refractivity contribution in [1.82, 2.24) is 23.7 Å². The maximum atomic E-state index is 14.3. The third kappa shape index (κ3) is 13.9. The van der Waals surface area contributed by atoms with E-state index in [0.29, 0.717) is 34.7 Å². The van der Waals surface area contributed by atoms with E-state index in [9.17, 15) is 48.4 Å². The van der Waals surface area contributed by atoms with Crippen molar-refractivity contribution < 1.29 is 80.8 Å². The number of H-pyrrole nitrogens is 1. The van der Waals surface area contributed by atoms with Crippen LogP contribution in [0.4, 0.5) is 5.82 Å². The van der Waals surface area contributed by atoms with Gasteiger partial charge in [-0.2, -0.15) is 4.98 Å². The number of phosphoric acid groups is 1. The molecule has 9 atom stereocenters. The molecule has 2 aliphatic heterocycles. The highest BCUT2D eigenvalue weighted by atomic mass is 31.2. The smallest absolute Gasteiger partial charge is 0.472 e. The van der Waals surface area contributed by atoms with E-state index >= 15 is 0 Å². The summed E-state index contributed by atoms with van der Waals surface area (Å²) in [5, 5.41) is 26.2. The number of phosphoric ester groups is 1. The van der Waals surface area contributed by atoms with Crippen LogP contribution in [0.15, 0.2) is 167 Å². The largest absolute Gasteiger partial charge is 0.497 e. The Morgan fingerprint density at radius 3 is 1.96 bits per heavy atom. The number of carbonyl (C=O) groups is 3. The lowest BCUT2D eigenvalue weighted by Crippen LogP contribution is -2.41. The number of anilines is 1. The van der Waals surface area contributed by atoms with Crippen LogP contribution in [0, 0.1) is 0 Å². The van der Waals surface area contributed by atoms with Crippen LogP contribution < -0.4 is 36.3 Å². The lowest BCUT2D eigenvalue weighted by Gasteiger charge is -2.37. The van der Waals surface area contributed by atoms with Gasteiger partial charge in [0, 0.05) is 24.0 Å². The molecule has 2 aliphatic rings. The second kappa shape index (κ2) is 26.2. The molecule has 4 aromatic carbocycles. The molecule has 1 unspecified atom stereocenters. The predicted octanol–water partition coefficient (Wildman–Crippen LogP) is 2.65. The third-order valence-electron chi connectivity index (χ3n) is 13.7. The van der Waals surface area contributed by atoms with Crippen molar-refractivity contribution in [2.24, 2.45) is 7.05 Å². The molecule has 5 heterocycles. The Bertz CT molecular complexity index is 3550. The molecule has 2 fully saturated rings. The second-order valence-electron chi connectivity index (χ2n) is 19.1. The monoisotopic (exact) mass is 1160 g/mol. The summed E-state index contributed by atoms with van der Waals surface area (Å²) in [6.07, 6.45) is -7.45. The number of hydrogen-bond donors (Lipinski definition) is 5. The minimum atomic E-state index is -5.48.